The van der Waals surface area contributed by atoms with Gasteiger partial charge in [0.25, 0.3) is 0 Å². The highest BCUT2D eigenvalue weighted by Gasteiger charge is 2.23. The largest absolute Gasteiger partial charge is 0.454 e. The predicted molar refractivity (Wildman–Crippen MR) is 85.1 cm³/mol. The Morgan fingerprint density at radius 2 is 1.83 bits per heavy atom. The van der Waals surface area contributed by atoms with E-state index in [0.29, 0.717) is 21.6 Å². The first-order valence-electron chi connectivity index (χ1n) is 6.92. The SMILES string of the molecule is Cn1c(C=Cc2ccc3c(c2)OCO3)c([N+](=O)[O-])c(=O)n(C)c1=O. The van der Waals surface area contributed by atoms with Crippen LogP contribution in [-0.4, -0.2) is 20.9 Å². The van der Waals surface area contributed by atoms with Crippen molar-refractivity contribution >= 4 is 17.8 Å². The van der Waals surface area contributed by atoms with Gasteiger partial charge in [0, 0.05) is 14.1 Å². The fourth-order valence-electron chi connectivity index (χ4n) is 2.40. The van der Waals surface area contributed by atoms with Crippen molar-refractivity contribution in [3.8, 4) is 11.5 Å². The maximum absolute atomic E-state index is 12.0. The van der Waals surface area contributed by atoms with E-state index in [0.717, 1.165) is 4.57 Å². The second-order valence-corrected chi connectivity index (χ2v) is 5.14. The molecule has 0 amide bonds. The van der Waals surface area contributed by atoms with Gasteiger partial charge in [-0.15, -0.1) is 0 Å². The molecule has 0 unspecified atom stereocenters. The van der Waals surface area contributed by atoms with Crippen LogP contribution in [0.2, 0.25) is 0 Å². The molecular formula is C15H13N3O6. The number of hydrogen-bond donors (Lipinski definition) is 0. The zero-order valence-corrected chi connectivity index (χ0v) is 12.9. The summed E-state index contributed by atoms with van der Waals surface area (Å²) in [4.78, 5) is 34.4. The molecule has 2 heterocycles. The van der Waals surface area contributed by atoms with Crippen LogP contribution in [0.4, 0.5) is 5.69 Å². The highest BCUT2D eigenvalue weighted by atomic mass is 16.7. The molecule has 1 aliphatic heterocycles. The Kier molecular flexibility index (Phi) is 3.68. The standard InChI is InChI=1S/C15H13N3O6/c1-16-10(13(18(21)22)14(19)17(2)15(16)20)5-3-9-4-6-11-12(7-9)24-8-23-11/h3-7H,8H2,1-2H3. The molecule has 0 aliphatic carbocycles. The van der Waals surface area contributed by atoms with Crippen LogP contribution >= 0.6 is 0 Å². The van der Waals surface area contributed by atoms with Crippen molar-refractivity contribution < 1.29 is 14.4 Å². The second-order valence-electron chi connectivity index (χ2n) is 5.14. The van der Waals surface area contributed by atoms with Gasteiger partial charge in [-0.2, -0.15) is 0 Å². The van der Waals surface area contributed by atoms with E-state index in [2.05, 4.69) is 0 Å². The van der Waals surface area contributed by atoms with Gasteiger partial charge in [0.15, 0.2) is 11.5 Å². The average molecular weight is 331 g/mol. The number of benzene rings is 1. The van der Waals surface area contributed by atoms with E-state index in [4.69, 9.17) is 9.47 Å². The number of nitrogens with zero attached hydrogens (tertiary/aromatic N) is 3. The minimum absolute atomic E-state index is 0.0780. The Morgan fingerprint density at radius 1 is 1.12 bits per heavy atom. The van der Waals surface area contributed by atoms with Crippen LogP contribution in [0.15, 0.2) is 27.8 Å². The third kappa shape index (κ3) is 2.45. The topological polar surface area (TPSA) is 106 Å². The van der Waals surface area contributed by atoms with Gasteiger partial charge in [-0.05, 0) is 23.8 Å². The molecule has 0 fully saturated rings. The van der Waals surface area contributed by atoms with Crippen LogP contribution in [0, 0.1) is 10.1 Å². The van der Waals surface area contributed by atoms with E-state index < -0.39 is 21.9 Å². The Labute approximate surface area is 135 Å². The van der Waals surface area contributed by atoms with Gasteiger partial charge >= 0.3 is 16.9 Å². The van der Waals surface area contributed by atoms with Crippen molar-refractivity contribution in [2.75, 3.05) is 6.79 Å². The van der Waals surface area contributed by atoms with Crippen molar-refractivity contribution in [1.29, 1.82) is 0 Å². The van der Waals surface area contributed by atoms with Gasteiger partial charge < -0.3 is 9.47 Å². The molecular weight excluding hydrogens is 318 g/mol. The van der Waals surface area contributed by atoms with Crippen LogP contribution in [0.25, 0.3) is 12.2 Å². The molecule has 9 nitrogen and oxygen atoms in total. The Morgan fingerprint density at radius 3 is 2.54 bits per heavy atom. The molecule has 9 heteroatoms. The van der Waals surface area contributed by atoms with Gasteiger partial charge in [-0.25, -0.2) is 4.79 Å². The molecule has 0 atom stereocenters. The summed E-state index contributed by atoms with van der Waals surface area (Å²) in [6.45, 7) is 0.136. The van der Waals surface area contributed by atoms with E-state index in [9.17, 15) is 19.7 Å². The van der Waals surface area contributed by atoms with Crippen molar-refractivity contribution in [2.45, 2.75) is 0 Å². The molecule has 0 spiro atoms. The van der Waals surface area contributed by atoms with E-state index >= 15 is 0 Å². The number of ether oxygens (including phenoxy) is 2. The van der Waals surface area contributed by atoms with Crippen LogP contribution in [0.3, 0.4) is 0 Å². The zero-order chi connectivity index (χ0) is 17.4. The van der Waals surface area contributed by atoms with E-state index in [1.165, 1.54) is 20.2 Å². The third-order valence-electron chi connectivity index (χ3n) is 3.70. The summed E-state index contributed by atoms with van der Waals surface area (Å²) in [5.74, 6) is 1.17. The summed E-state index contributed by atoms with van der Waals surface area (Å²) in [5.41, 5.74) is -1.64. The van der Waals surface area contributed by atoms with Crippen molar-refractivity contribution in [2.24, 2.45) is 14.1 Å². The van der Waals surface area contributed by atoms with E-state index in [1.807, 2.05) is 0 Å². The number of nitro groups is 1. The summed E-state index contributed by atoms with van der Waals surface area (Å²) >= 11 is 0. The van der Waals surface area contributed by atoms with Crippen molar-refractivity contribution in [3.05, 3.63) is 60.4 Å². The first-order chi connectivity index (χ1) is 11.4. The minimum atomic E-state index is -0.951. The van der Waals surface area contributed by atoms with Gasteiger partial charge in [0.1, 0.15) is 5.69 Å². The fraction of sp³-hybridized carbons (Fsp3) is 0.200. The maximum Gasteiger partial charge on any atom is 0.357 e. The molecule has 0 bridgehead atoms. The van der Waals surface area contributed by atoms with Crippen LogP contribution in [0.5, 0.6) is 11.5 Å². The smallest absolute Gasteiger partial charge is 0.357 e. The van der Waals surface area contributed by atoms with Crippen LogP contribution in [0.1, 0.15) is 11.3 Å². The highest BCUT2D eigenvalue weighted by Crippen LogP contribution is 2.33. The number of aromatic nitrogens is 2. The monoisotopic (exact) mass is 331 g/mol. The third-order valence-corrected chi connectivity index (χ3v) is 3.70. The number of fused-ring (bicyclic) bond motifs is 1. The summed E-state index contributed by atoms with van der Waals surface area (Å²) in [6, 6.07) is 5.14. The first kappa shape index (κ1) is 15.5. The normalized spacial score (nSPS) is 12.8. The van der Waals surface area contributed by atoms with Gasteiger partial charge in [-0.3, -0.25) is 24.0 Å². The predicted octanol–water partition coefficient (Wildman–Crippen LogP) is 0.891. The lowest BCUT2D eigenvalue weighted by Crippen LogP contribution is -2.39. The minimum Gasteiger partial charge on any atom is -0.454 e. The molecule has 0 N–H and O–H groups in total. The molecule has 124 valence electrons. The molecule has 1 aliphatic rings. The zero-order valence-electron chi connectivity index (χ0n) is 12.9. The van der Waals surface area contributed by atoms with Crippen molar-refractivity contribution in [1.82, 2.24) is 9.13 Å². The maximum atomic E-state index is 12.0. The fourth-order valence-corrected chi connectivity index (χ4v) is 2.40. The number of rotatable bonds is 3. The Balaban J connectivity index is 2.11. The van der Waals surface area contributed by atoms with Crippen molar-refractivity contribution in [3.63, 3.8) is 0 Å². The lowest BCUT2D eigenvalue weighted by molar-refractivity contribution is -0.387. The van der Waals surface area contributed by atoms with Gasteiger partial charge in [0.2, 0.25) is 6.79 Å². The summed E-state index contributed by atoms with van der Waals surface area (Å²) in [6.07, 6.45) is 2.92. The highest BCUT2D eigenvalue weighted by molar-refractivity contribution is 5.73. The molecule has 2 aromatic rings. The summed E-state index contributed by atoms with van der Waals surface area (Å²) < 4.78 is 12.2. The lowest BCUT2D eigenvalue weighted by Gasteiger charge is -2.07. The lowest BCUT2D eigenvalue weighted by atomic mass is 10.1. The molecule has 3 rings (SSSR count). The molecule has 1 aromatic carbocycles. The second kappa shape index (κ2) is 5.69. The van der Waals surface area contributed by atoms with Gasteiger partial charge in [0.05, 0.1) is 4.92 Å². The molecule has 0 saturated carbocycles. The molecule has 0 saturated heterocycles. The van der Waals surface area contributed by atoms with Crippen LogP contribution < -0.4 is 20.7 Å². The van der Waals surface area contributed by atoms with Gasteiger partial charge in [-0.1, -0.05) is 12.1 Å². The Hall–Kier alpha value is -3.36. The molecule has 1 aromatic heterocycles. The van der Waals surface area contributed by atoms with E-state index in [-0.39, 0.29) is 12.5 Å². The molecule has 0 radical (unpaired) electrons. The first-order valence-corrected chi connectivity index (χ1v) is 6.92. The average Bonchev–Trinajstić information content (AvgIpc) is 3.02. The molecule has 24 heavy (non-hydrogen) atoms. The quantitative estimate of drug-likeness (QED) is 0.611. The van der Waals surface area contributed by atoms with E-state index in [1.54, 1.807) is 24.3 Å². The summed E-state index contributed by atoms with van der Waals surface area (Å²) in [7, 11) is 2.57. The number of hydrogen-bond acceptors (Lipinski definition) is 6. The van der Waals surface area contributed by atoms with Crippen LogP contribution in [-0.2, 0) is 14.1 Å². The Bertz CT molecular complexity index is 986. The summed E-state index contributed by atoms with van der Waals surface area (Å²) in [5, 5.41) is 11.2.